The Kier molecular flexibility index (Phi) is 6.23. The first-order valence-electron chi connectivity index (χ1n) is 14.0. The first-order chi connectivity index (χ1) is 20.8. The van der Waals surface area contributed by atoms with E-state index in [-0.39, 0.29) is 35.9 Å². The molecule has 2 heterocycles. The van der Waals surface area contributed by atoms with Gasteiger partial charge in [-0.25, -0.2) is 23.5 Å². The van der Waals surface area contributed by atoms with Crippen LogP contribution in [-0.4, -0.2) is 30.6 Å². The van der Waals surface area contributed by atoms with E-state index in [0.29, 0.717) is 40.3 Å². The Balaban J connectivity index is 1.34. The molecule has 7 rings (SSSR count). The van der Waals surface area contributed by atoms with Gasteiger partial charge in [0.05, 0.1) is 18.3 Å². The third-order valence-electron chi connectivity index (χ3n) is 8.40. The molecule has 1 aliphatic heterocycles. The average Bonchev–Trinajstić information content (AvgIpc) is 3.28. The van der Waals surface area contributed by atoms with Crippen LogP contribution in [0.25, 0.3) is 5.69 Å². The number of nitrogens with zero attached hydrogens (tertiary/aromatic N) is 3. The van der Waals surface area contributed by atoms with E-state index in [2.05, 4.69) is 0 Å². The minimum atomic E-state index is -0.798. The summed E-state index contributed by atoms with van der Waals surface area (Å²) in [4.78, 5) is 54.2. The smallest absolute Gasteiger partial charge is 0.352 e. The topological polar surface area (TPSA) is 113 Å². The molecular weight excluding hydrogens is 546 g/mol. The first-order valence-corrected chi connectivity index (χ1v) is 14.0. The molecule has 9 nitrogen and oxygen atoms in total. The highest BCUT2D eigenvalue weighted by Crippen LogP contribution is 2.51. The molecular formula is C34H27N3O6. The Morgan fingerprint density at radius 3 is 2.35 bits per heavy atom. The van der Waals surface area contributed by atoms with E-state index in [0.717, 1.165) is 10.1 Å². The molecule has 2 atom stereocenters. The van der Waals surface area contributed by atoms with E-state index in [1.165, 1.54) is 21.5 Å². The third kappa shape index (κ3) is 4.23. The van der Waals surface area contributed by atoms with Crippen molar-refractivity contribution in [2.45, 2.75) is 38.5 Å². The summed E-state index contributed by atoms with van der Waals surface area (Å²) in [5.74, 6) is -1.05. The summed E-state index contributed by atoms with van der Waals surface area (Å²) in [5.41, 5.74) is 2.36. The lowest BCUT2D eigenvalue weighted by atomic mass is 9.68. The molecule has 0 saturated carbocycles. The predicted molar refractivity (Wildman–Crippen MR) is 158 cm³/mol. The lowest BCUT2D eigenvalue weighted by Crippen LogP contribution is -2.40. The molecule has 1 aromatic heterocycles. The highest BCUT2D eigenvalue weighted by molar-refractivity contribution is 6.23. The summed E-state index contributed by atoms with van der Waals surface area (Å²) < 4.78 is 9.77. The van der Waals surface area contributed by atoms with Crippen LogP contribution in [0.1, 0.15) is 36.4 Å². The molecule has 43 heavy (non-hydrogen) atoms. The van der Waals surface area contributed by atoms with Crippen molar-refractivity contribution in [2.75, 3.05) is 0 Å². The summed E-state index contributed by atoms with van der Waals surface area (Å²) in [6, 6.07) is 22.5. The van der Waals surface area contributed by atoms with Gasteiger partial charge < -0.3 is 9.84 Å². The molecule has 0 saturated heterocycles. The monoisotopic (exact) mass is 573 g/mol. The molecule has 0 fully saturated rings. The molecule has 0 bridgehead atoms. The van der Waals surface area contributed by atoms with Crippen LogP contribution in [0.3, 0.4) is 0 Å². The fourth-order valence-electron chi connectivity index (χ4n) is 6.41. The summed E-state index contributed by atoms with van der Waals surface area (Å²) in [5, 5.41) is 11.3. The van der Waals surface area contributed by atoms with E-state index >= 15 is 0 Å². The minimum Gasteiger partial charge on any atom is -0.507 e. The van der Waals surface area contributed by atoms with E-state index in [1.807, 2.05) is 36.4 Å². The summed E-state index contributed by atoms with van der Waals surface area (Å²) in [6.45, 7) is 1.99. The average molecular weight is 574 g/mol. The van der Waals surface area contributed by atoms with Crippen molar-refractivity contribution >= 4 is 11.6 Å². The number of aromatic hydroxyl groups is 1. The van der Waals surface area contributed by atoms with Gasteiger partial charge in [-0.2, -0.15) is 0 Å². The quantitative estimate of drug-likeness (QED) is 0.284. The van der Waals surface area contributed by atoms with Crippen molar-refractivity contribution in [3.05, 3.63) is 145 Å². The van der Waals surface area contributed by atoms with E-state index in [4.69, 9.17) is 4.74 Å². The van der Waals surface area contributed by atoms with Gasteiger partial charge in [-0.05, 0) is 42.3 Å². The number of allylic oxidation sites excluding steroid dienone is 6. The lowest BCUT2D eigenvalue weighted by molar-refractivity contribution is -0.116. The number of Topliss-reactive ketones (excluding diaryl/α,β-unsaturated/α-hetero) is 1. The second-order valence-electron chi connectivity index (χ2n) is 10.9. The molecule has 9 heteroatoms. The van der Waals surface area contributed by atoms with Crippen molar-refractivity contribution < 1.29 is 19.4 Å². The zero-order valence-electron chi connectivity index (χ0n) is 23.3. The number of phenols is 1. The maximum Gasteiger partial charge on any atom is 0.352 e. The second kappa shape index (κ2) is 10.1. The number of ketones is 2. The van der Waals surface area contributed by atoms with Crippen LogP contribution >= 0.6 is 0 Å². The Hall–Kier alpha value is -5.44. The van der Waals surface area contributed by atoms with Crippen LogP contribution in [0.5, 0.6) is 11.5 Å². The van der Waals surface area contributed by atoms with Gasteiger partial charge in [0, 0.05) is 40.7 Å². The molecule has 0 amide bonds. The molecule has 0 radical (unpaired) electrons. The summed E-state index contributed by atoms with van der Waals surface area (Å²) >= 11 is 0. The van der Waals surface area contributed by atoms with Crippen molar-refractivity contribution in [2.24, 2.45) is 0 Å². The molecule has 1 N–H and O–H groups in total. The SMILES string of the molecule is CC1=CC(=O)C2=C(C[C@@H]3C(=CCn4c(=O)n(-c5ccccc5)c(=O)n43)[C@@H]2c2ccc(OCc3ccccc3)cc2O)C1=O. The van der Waals surface area contributed by atoms with Crippen molar-refractivity contribution in [1.82, 2.24) is 13.9 Å². The number of fused-ring (bicyclic) bond motifs is 3. The van der Waals surface area contributed by atoms with Crippen molar-refractivity contribution in [3.63, 3.8) is 0 Å². The third-order valence-corrected chi connectivity index (χ3v) is 8.40. The molecule has 2 aliphatic carbocycles. The van der Waals surface area contributed by atoms with Crippen LogP contribution in [0.4, 0.5) is 0 Å². The second-order valence-corrected chi connectivity index (χ2v) is 10.9. The largest absolute Gasteiger partial charge is 0.507 e. The number of hydrogen-bond donors (Lipinski definition) is 1. The summed E-state index contributed by atoms with van der Waals surface area (Å²) in [7, 11) is 0. The predicted octanol–water partition coefficient (Wildman–Crippen LogP) is 4.15. The molecule has 214 valence electrons. The highest BCUT2D eigenvalue weighted by atomic mass is 16.5. The molecule has 3 aromatic carbocycles. The standard InChI is InChI=1S/C34H27N3O6/c1-20-16-29(39)31-26(32(20)40)18-27-24(14-15-35-33(41)36(34(42)37(27)35)22-10-6-3-7-11-22)30(31)25-13-12-23(17-28(25)38)43-19-21-8-4-2-5-9-21/h2-14,16-17,27,30,38H,15,18-19H2,1H3/t27-,30-/m1/s1. The molecule has 4 aromatic rings. The normalized spacial score (nSPS) is 19.3. The lowest BCUT2D eigenvalue weighted by Gasteiger charge is -2.39. The number of aromatic nitrogens is 3. The number of hydrogen-bond acceptors (Lipinski definition) is 6. The molecule has 3 aliphatic rings. The van der Waals surface area contributed by atoms with Gasteiger partial charge in [-0.1, -0.05) is 60.7 Å². The number of carbonyl (C=O) groups is 2. The highest BCUT2D eigenvalue weighted by Gasteiger charge is 2.45. The van der Waals surface area contributed by atoms with Crippen molar-refractivity contribution in [3.8, 4) is 17.2 Å². The number of carbonyl (C=O) groups excluding carboxylic acids is 2. The van der Waals surface area contributed by atoms with Crippen LogP contribution in [0.2, 0.25) is 0 Å². The Morgan fingerprint density at radius 2 is 1.63 bits per heavy atom. The number of benzene rings is 3. The van der Waals surface area contributed by atoms with Gasteiger partial charge in [0.25, 0.3) is 0 Å². The zero-order chi connectivity index (χ0) is 29.8. The Labute approximate surface area is 245 Å². The van der Waals surface area contributed by atoms with Gasteiger partial charge in [-0.15, -0.1) is 0 Å². The van der Waals surface area contributed by atoms with E-state index in [1.54, 1.807) is 49.4 Å². The Bertz CT molecular complexity index is 2030. The number of phenolic OH excluding ortho intramolecular Hbond substituents is 1. The van der Waals surface area contributed by atoms with Gasteiger partial charge >= 0.3 is 11.4 Å². The maximum absolute atomic E-state index is 13.8. The number of para-hydroxylation sites is 1. The van der Waals surface area contributed by atoms with E-state index in [9.17, 15) is 24.3 Å². The molecule has 0 spiro atoms. The molecule has 0 unspecified atom stereocenters. The maximum atomic E-state index is 13.8. The van der Waals surface area contributed by atoms with Gasteiger partial charge in [0.1, 0.15) is 18.1 Å². The first kappa shape index (κ1) is 26.5. The number of rotatable bonds is 5. The van der Waals surface area contributed by atoms with Gasteiger partial charge in [0.15, 0.2) is 11.6 Å². The zero-order valence-corrected chi connectivity index (χ0v) is 23.3. The Morgan fingerprint density at radius 1 is 0.907 bits per heavy atom. The van der Waals surface area contributed by atoms with Crippen LogP contribution < -0.4 is 16.1 Å². The van der Waals surface area contributed by atoms with E-state index < -0.39 is 23.3 Å². The van der Waals surface area contributed by atoms with Gasteiger partial charge in [0.2, 0.25) is 0 Å². The van der Waals surface area contributed by atoms with Crippen LogP contribution in [0, 0.1) is 0 Å². The fraction of sp³-hybridized carbons (Fsp3) is 0.176. The van der Waals surface area contributed by atoms with Crippen LogP contribution in [0.15, 0.2) is 123 Å². The van der Waals surface area contributed by atoms with Gasteiger partial charge in [-0.3, -0.25) is 9.59 Å². The number of ether oxygens (including phenoxy) is 1. The minimum absolute atomic E-state index is 0.0740. The van der Waals surface area contributed by atoms with Crippen LogP contribution in [-0.2, 0) is 22.7 Å². The van der Waals surface area contributed by atoms with Crippen molar-refractivity contribution in [1.29, 1.82) is 0 Å². The summed E-state index contributed by atoms with van der Waals surface area (Å²) in [6.07, 6.45) is 3.24. The fourth-order valence-corrected chi connectivity index (χ4v) is 6.41.